The molecule has 11 rings (SSSR count). The van der Waals surface area contributed by atoms with Gasteiger partial charge in [-0.1, -0.05) is 115 Å². The zero-order valence-corrected chi connectivity index (χ0v) is 28.1. The van der Waals surface area contributed by atoms with E-state index in [-0.39, 0.29) is 12.3 Å². The van der Waals surface area contributed by atoms with Crippen LogP contribution in [0.3, 0.4) is 0 Å². The fourth-order valence-corrected chi connectivity index (χ4v) is 8.14. The Morgan fingerprint density at radius 3 is 2.15 bits per heavy atom. The molecule has 0 saturated carbocycles. The van der Waals surface area contributed by atoms with Crippen LogP contribution < -0.4 is 16.0 Å². The van der Waals surface area contributed by atoms with E-state index in [2.05, 4.69) is 137 Å². The Labute approximate surface area is 299 Å². The Bertz CT molecular complexity index is 2950. The van der Waals surface area contributed by atoms with Gasteiger partial charge in [0.1, 0.15) is 34.9 Å². The van der Waals surface area contributed by atoms with Crippen LogP contribution in [0.1, 0.15) is 40.1 Å². The quantitative estimate of drug-likeness (QED) is 0.174. The second-order valence-electron chi connectivity index (χ2n) is 13.6. The summed E-state index contributed by atoms with van der Waals surface area (Å²) < 4.78 is 12.6. The number of rotatable bonds is 4. The van der Waals surface area contributed by atoms with Gasteiger partial charge in [0.15, 0.2) is 0 Å². The molecule has 2 aliphatic rings. The molecule has 0 aliphatic carbocycles. The molecule has 9 aromatic rings. The van der Waals surface area contributed by atoms with Gasteiger partial charge in [-0.05, 0) is 80.2 Å². The van der Waals surface area contributed by atoms with Gasteiger partial charge in [-0.15, -0.1) is 0 Å². The van der Waals surface area contributed by atoms with Crippen molar-refractivity contribution in [3.63, 3.8) is 0 Å². The van der Waals surface area contributed by atoms with Gasteiger partial charge in [0.25, 0.3) is 0 Å². The van der Waals surface area contributed by atoms with Crippen molar-refractivity contribution in [1.82, 2.24) is 10.6 Å². The van der Waals surface area contributed by atoms with Crippen molar-refractivity contribution in [3.8, 4) is 0 Å². The summed E-state index contributed by atoms with van der Waals surface area (Å²) >= 11 is 0. The van der Waals surface area contributed by atoms with E-state index in [1.807, 2.05) is 30.3 Å². The number of hydrogen-bond donors (Lipinski definition) is 3. The third kappa shape index (κ3) is 4.58. The van der Waals surface area contributed by atoms with Crippen molar-refractivity contribution in [2.75, 3.05) is 11.9 Å². The van der Waals surface area contributed by atoms with Crippen molar-refractivity contribution in [2.45, 2.75) is 12.3 Å². The van der Waals surface area contributed by atoms with Gasteiger partial charge in [-0.3, -0.25) is 5.32 Å². The highest BCUT2D eigenvalue weighted by molar-refractivity contribution is 6.18. The van der Waals surface area contributed by atoms with Gasteiger partial charge in [0.05, 0.1) is 5.56 Å². The van der Waals surface area contributed by atoms with E-state index < -0.39 is 0 Å². The third-order valence-electron chi connectivity index (χ3n) is 10.6. The fraction of sp³-hybridized carbons (Fsp3) is 0.0652. The van der Waals surface area contributed by atoms with E-state index in [0.717, 1.165) is 83.4 Å². The number of hydrogen-bond acceptors (Lipinski definition) is 6. The maximum atomic E-state index is 6.32. The predicted octanol–water partition coefficient (Wildman–Crippen LogP) is 10.8. The number of nitrogens with zero attached hydrogens (tertiary/aromatic N) is 1. The molecule has 2 aromatic heterocycles. The van der Waals surface area contributed by atoms with Gasteiger partial charge in [-0.25, -0.2) is 4.99 Å². The molecule has 4 heterocycles. The van der Waals surface area contributed by atoms with Gasteiger partial charge < -0.3 is 19.5 Å². The Morgan fingerprint density at radius 1 is 0.558 bits per heavy atom. The first kappa shape index (κ1) is 29.1. The lowest BCUT2D eigenvalue weighted by molar-refractivity contribution is 0.409. The zero-order chi connectivity index (χ0) is 34.2. The summed E-state index contributed by atoms with van der Waals surface area (Å²) in [5.41, 5.74) is 9.23. The number of fused-ring (bicyclic) bond motifs is 8. The van der Waals surface area contributed by atoms with Gasteiger partial charge in [0, 0.05) is 28.3 Å². The van der Waals surface area contributed by atoms with Crippen LogP contribution in [0.5, 0.6) is 0 Å². The summed E-state index contributed by atoms with van der Waals surface area (Å²) in [5.74, 6) is 1.63. The Kier molecular flexibility index (Phi) is 6.42. The minimum absolute atomic E-state index is 0.215. The highest BCUT2D eigenvalue weighted by atomic mass is 16.4. The molecule has 52 heavy (non-hydrogen) atoms. The molecule has 6 nitrogen and oxygen atoms in total. The summed E-state index contributed by atoms with van der Waals surface area (Å²) in [7, 11) is 0. The maximum absolute atomic E-state index is 6.32. The molecule has 0 saturated heterocycles. The number of benzene rings is 7. The molecule has 0 fully saturated rings. The van der Waals surface area contributed by atoms with E-state index in [1.165, 1.54) is 16.2 Å². The molecule has 0 amide bonds. The highest BCUT2D eigenvalue weighted by Gasteiger charge is 2.29. The van der Waals surface area contributed by atoms with Crippen molar-refractivity contribution >= 4 is 71.7 Å². The molecule has 7 aromatic carbocycles. The van der Waals surface area contributed by atoms with Crippen LogP contribution >= 0.6 is 0 Å². The van der Waals surface area contributed by atoms with Crippen molar-refractivity contribution in [2.24, 2.45) is 4.99 Å². The topological polar surface area (TPSA) is 74.7 Å². The molecule has 2 aliphatic heterocycles. The molecular weight excluding hydrogens is 641 g/mol. The lowest BCUT2D eigenvalue weighted by Gasteiger charge is -2.33. The average molecular weight is 673 g/mol. The molecule has 0 radical (unpaired) electrons. The molecule has 6 heteroatoms. The van der Waals surface area contributed by atoms with E-state index >= 15 is 0 Å². The van der Waals surface area contributed by atoms with E-state index in [1.54, 1.807) is 0 Å². The van der Waals surface area contributed by atoms with Crippen LogP contribution in [0.15, 0.2) is 165 Å². The largest absolute Gasteiger partial charge is 0.456 e. The number of aliphatic imine (C=N–C) groups is 1. The standard InChI is InChI=1S/C46H32N4O2/c1-2-11-28-24-30(21-20-27(28)10-1)43-48-44(50-45(49-43)36-16-9-19-40-41(36)34-14-5-7-17-38(34)51-40)31-25-29-12-3-4-13-32(29)37(26-31)33-22-23-47-46-42(33)35-15-6-8-18-39(35)52-46/h1-22,24-26,43-44,47-48H,23H2,(H,49,50). The summed E-state index contributed by atoms with van der Waals surface area (Å²) in [6, 6.07) is 51.2. The fourth-order valence-electron chi connectivity index (χ4n) is 8.14. The van der Waals surface area contributed by atoms with E-state index in [4.69, 9.17) is 13.8 Å². The van der Waals surface area contributed by atoms with Gasteiger partial charge in [0.2, 0.25) is 5.88 Å². The van der Waals surface area contributed by atoms with Gasteiger partial charge in [-0.2, -0.15) is 0 Å². The van der Waals surface area contributed by atoms with Crippen LogP contribution in [0.25, 0.3) is 60.0 Å². The molecule has 248 valence electrons. The van der Waals surface area contributed by atoms with Crippen molar-refractivity contribution < 1.29 is 8.83 Å². The number of anilines is 1. The Hall–Kier alpha value is -6.63. The predicted molar refractivity (Wildman–Crippen MR) is 212 cm³/mol. The lowest BCUT2D eigenvalue weighted by Crippen LogP contribution is -2.45. The molecule has 2 unspecified atom stereocenters. The smallest absolute Gasteiger partial charge is 0.202 e. The normalized spacial score (nSPS) is 17.2. The lowest BCUT2D eigenvalue weighted by atomic mass is 9.89. The number of para-hydroxylation sites is 2. The van der Waals surface area contributed by atoms with E-state index in [0.29, 0.717) is 6.54 Å². The number of amidine groups is 1. The Balaban J connectivity index is 1.11. The van der Waals surface area contributed by atoms with Crippen molar-refractivity contribution in [3.05, 3.63) is 179 Å². The zero-order valence-electron chi connectivity index (χ0n) is 28.1. The minimum Gasteiger partial charge on any atom is -0.456 e. The molecule has 0 bridgehead atoms. The number of nitrogens with one attached hydrogen (secondary N) is 3. The highest BCUT2D eigenvalue weighted by Crippen LogP contribution is 2.43. The summed E-state index contributed by atoms with van der Waals surface area (Å²) in [4.78, 5) is 5.48. The Morgan fingerprint density at radius 2 is 1.27 bits per heavy atom. The molecule has 3 N–H and O–H groups in total. The second kappa shape index (κ2) is 11.5. The van der Waals surface area contributed by atoms with Gasteiger partial charge >= 0.3 is 0 Å². The first-order valence-electron chi connectivity index (χ1n) is 17.7. The first-order valence-corrected chi connectivity index (χ1v) is 17.7. The average Bonchev–Trinajstić information content (AvgIpc) is 3.79. The molecule has 2 atom stereocenters. The second-order valence-corrected chi connectivity index (χ2v) is 13.6. The summed E-state index contributed by atoms with van der Waals surface area (Å²) in [5, 5.41) is 19.2. The van der Waals surface area contributed by atoms with Crippen LogP contribution in [-0.4, -0.2) is 12.4 Å². The maximum Gasteiger partial charge on any atom is 0.202 e. The first-order chi connectivity index (χ1) is 25.7. The van der Waals surface area contributed by atoms with Crippen LogP contribution in [0.2, 0.25) is 0 Å². The third-order valence-corrected chi connectivity index (χ3v) is 10.6. The number of furan rings is 2. The van der Waals surface area contributed by atoms with Crippen molar-refractivity contribution in [1.29, 1.82) is 0 Å². The van der Waals surface area contributed by atoms with Crippen LogP contribution in [-0.2, 0) is 0 Å². The van der Waals surface area contributed by atoms with E-state index in [9.17, 15) is 0 Å². The SMILES string of the molecule is C1=C(c2cc(C3N=C(c4cccc5oc6ccccc6c45)NC(c4ccc5ccccc5c4)N3)cc3ccccc23)c2c(oc3ccccc23)NC1. The monoisotopic (exact) mass is 672 g/mol. The minimum atomic E-state index is -0.354. The van der Waals surface area contributed by atoms with Crippen LogP contribution in [0, 0.1) is 0 Å². The molecular formula is C46H32N4O2. The molecule has 0 spiro atoms. The summed E-state index contributed by atoms with van der Waals surface area (Å²) in [6.07, 6.45) is 1.71. The summed E-state index contributed by atoms with van der Waals surface area (Å²) in [6.45, 7) is 0.682. The van der Waals surface area contributed by atoms with Crippen LogP contribution in [0.4, 0.5) is 5.88 Å².